The molecule has 1 aromatic rings. The Labute approximate surface area is 92.7 Å². The fourth-order valence-corrected chi connectivity index (χ4v) is 1.47. The van der Waals surface area contributed by atoms with Crippen molar-refractivity contribution in [1.82, 2.24) is 10.3 Å². The lowest BCUT2D eigenvalue weighted by Crippen LogP contribution is -2.25. The zero-order chi connectivity index (χ0) is 11.3. The molecule has 1 N–H and O–H groups in total. The van der Waals surface area contributed by atoms with Crippen molar-refractivity contribution in [2.45, 2.75) is 13.3 Å². The minimum Gasteiger partial charge on any atom is -0.345 e. The monoisotopic (exact) mass is 226 g/mol. The topological polar surface area (TPSA) is 59.1 Å². The van der Waals surface area contributed by atoms with E-state index < -0.39 is 0 Å². The van der Waals surface area contributed by atoms with Crippen molar-refractivity contribution in [3.8, 4) is 0 Å². The average molecular weight is 227 g/mol. The summed E-state index contributed by atoms with van der Waals surface area (Å²) >= 11 is 5.97. The number of amides is 1. The molecule has 5 heteroatoms. The molecule has 0 saturated carbocycles. The second kappa shape index (κ2) is 5.46. The van der Waals surface area contributed by atoms with Crippen LogP contribution in [0.25, 0.3) is 0 Å². The van der Waals surface area contributed by atoms with Crippen LogP contribution in [0.15, 0.2) is 12.3 Å². The maximum Gasteiger partial charge on any atom is 0.253 e. The van der Waals surface area contributed by atoms with E-state index in [1.54, 1.807) is 0 Å². The van der Waals surface area contributed by atoms with E-state index in [0.717, 1.165) is 0 Å². The molecule has 4 nitrogen and oxygen atoms in total. The van der Waals surface area contributed by atoms with E-state index >= 15 is 0 Å². The molecule has 80 valence electrons. The molecule has 0 radical (unpaired) electrons. The third kappa shape index (κ3) is 2.76. The largest absolute Gasteiger partial charge is 0.345 e. The Kier molecular flexibility index (Phi) is 4.24. The summed E-state index contributed by atoms with van der Waals surface area (Å²) in [6.07, 6.45) is 2.81. The smallest absolute Gasteiger partial charge is 0.253 e. The van der Waals surface area contributed by atoms with Crippen molar-refractivity contribution >= 4 is 23.8 Å². The number of nitrogens with zero attached hydrogens (tertiary/aromatic N) is 1. The fourth-order valence-electron chi connectivity index (χ4n) is 1.14. The van der Waals surface area contributed by atoms with Crippen LogP contribution in [0.4, 0.5) is 0 Å². The molecule has 0 fully saturated rings. The number of carbonyl (C=O) groups is 2. The molecule has 0 spiro atoms. The van der Waals surface area contributed by atoms with E-state index in [2.05, 4.69) is 10.3 Å². The highest BCUT2D eigenvalue weighted by Gasteiger charge is 2.12. The molecule has 1 aromatic heterocycles. The molecule has 0 aliphatic rings. The van der Waals surface area contributed by atoms with Crippen molar-refractivity contribution in [3.63, 3.8) is 0 Å². The van der Waals surface area contributed by atoms with Gasteiger partial charge < -0.3 is 10.1 Å². The zero-order valence-electron chi connectivity index (χ0n) is 8.29. The Morgan fingerprint density at radius 1 is 1.67 bits per heavy atom. The lowest BCUT2D eigenvalue weighted by atomic mass is 10.2. The minimum atomic E-state index is -0.357. The van der Waals surface area contributed by atoms with Crippen LogP contribution in [0.2, 0.25) is 5.02 Å². The number of nitrogens with one attached hydrogen (secondary N) is 1. The van der Waals surface area contributed by atoms with Crippen molar-refractivity contribution < 1.29 is 9.59 Å². The molecule has 0 unspecified atom stereocenters. The Bertz CT molecular complexity index is 380. The first-order valence-electron chi connectivity index (χ1n) is 4.56. The van der Waals surface area contributed by atoms with Crippen molar-refractivity contribution in [2.75, 3.05) is 6.54 Å². The van der Waals surface area contributed by atoms with Crippen LogP contribution in [0.5, 0.6) is 0 Å². The van der Waals surface area contributed by atoms with E-state index in [1.807, 2.05) is 6.92 Å². The summed E-state index contributed by atoms with van der Waals surface area (Å²) in [5, 5.41) is 2.77. The third-order valence-electron chi connectivity index (χ3n) is 1.89. The number of aryl methyl sites for hydroxylation is 1. The van der Waals surface area contributed by atoms with Crippen LogP contribution in [0.1, 0.15) is 23.0 Å². The van der Waals surface area contributed by atoms with Gasteiger partial charge in [0, 0.05) is 6.20 Å². The molecular formula is C10H11ClN2O2. The number of hydrogen-bond donors (Lipinski definition) is 1. The maximum absolute atomic E-state index is 11.5. The van der Waals surface area contributed by atoms with Gasteiger partial charge in [-0.25, -0.2) is 0 Å². The zero-order valence-corrected chi connectivity index (χ0v) is 9.04. The lowest BCUT2D eigenvalue weighted by Gasteiger charge is -2.06. The van der Waals surface area contributed by atoms with Crippen LogP contribution >= 0.6 is 11.6 Å². The number of halogens is 1. The Morgan fingerprint density at radius 3 is 3.00 bits per heavy atom. The second-order valence-corrected chi connectivity index (χ2v) is 3.23. The van der Waals surface area contributed by atoms with Gasteiger partial charge >= 0.3 is 0 Å². The second-order valence-electron chi connectivity index (χ2n) is 2.85. The first-order valence-corrected chi connectivity index (χ1v) is 4.93. The molecular weight excluding hydrogens is 216 g/mol. The predicted octanol–water partition coefficient (Wildman–Crippen LogP) is 1.23. The number of rotatable bonds is 4. The molecule has 1 rings (SSSR count). The minimum absolute atomic E-state index is 0.0149. The molecule has 15 heavy (non-hydrogen) atoms. The molecule has 1 amide bonds. The van der Waals surface area contributed by atoms with Crippen molar-refractivity contribution in [2.24, 2.45) is 0 Å². The third-order valence-corrected chi connectivity index (χ3v) is 2.31. The summed E-state index contributed by atoms with van der Waals surface area (Å²) in [7, 11) is 0. The summed E-state index contributed by atoms with van der Waals surface area (Å²) in [6, 6.07) is 1.53. The quantitative estimate of drug-likeness (QED) is 0.786. The standard InChI is InChI=1S/C10H11ClN2O2/c1-2-8-9(11)7(3-4-12-8)10(15)13-5-6-14/h3-4,6H,2,5H2,1H3,(H,13,15). The first kappa shape index (κ1) is 11.7. The van der Waals surface area contributed by atoms with E-state index in [-0.39, 0.29) is 12.5 Å². The van der Waals surface area contributed by atoms with Gasteiger partial charge in [-0.3, -0.25) is 9.78 Å². The van der Waals surface area contributed by atoms with Gasteiger partial charge in [-0.2, -0.15) is 0 Å². The molecule has 1 heterocycles. The molecule has 0 aromatic carbocycles. The van der Waals surface area contributed by atoms with Gasteiger partial charge in [0.15, 0.2) is 0 Å². The SMILES string of the molecule is CCc1nccc(C(=O)NCC=O)c1Cl. The van der Waals surface area contributed by atoms with Gasteiger partial charge in [0.05, 0.1) is 22.8 Å². The summed E-state index contributed by atoms with van der Waals surface area (Å²) in [5.74, 6) is -0.357. The van der Waals surface area contributed by atoms with Gasteiger partial charge in [0.1, 0.15) is 6.29 Å². The molecule has 0 bridgehead atoms. The first-order chi connectivity index (χ1) is 7.20. The number of carbonyl (C=O) groups excluding carboxylic acids is 2. The summed E-state index contributed by atoms with van der Waals surface area (Å²) < 4.78 is 0. The number of aromatic nitrogens is 1. The highest BCUT2D eigenvalue weighted by Crippen LogP contribution is 2.19. The highest BCUT2D eigenvalue weighted by atomic mass is 35.5. The van der Waals surface area contributed by atoms with Gasteiger partial charge in [0.25, 0.3) is 5.91 Å². The Morgan fingerprint density at radius 2 is 2.40 bits per heavy atom. The van der Waals surface area contributed by atoms with Gasteiger partial charge in [-0.05, 0) is 12.5 Å². The number of aldehydes is 1. The molecule has 0 atom stereocenters. The fraction of sp³-hybridized carbons (Fsp3) is 0.300. The van der Waals surface area contributed by atoms with E-state index in [9.17, 15) is 9.59 Å². The van der Waals surface area contributed by atoms with Crippen LogP contribution in [0.3, 0.4) is 0 Å². The summed E-state index contributed by atoms with van der Waals surface area (Å²) in [4.78, 5) is 25.6. The normalized spacial score (nSPS) is 9.73. The number of hydrogen-bond acceptors (Lipinski definition) is 3. The maximum atomic E-state index is 11.5. The summed E-state index contributed by atoms with van der Waals surface area (Å²) in [5.41, 5.74) is 1.03. The van der Waals surface area contributed by atoms with Crippen molar-refractivity contribution in [3.05, 3.63) is 28.5 Å². The van der Waals surface area contributed by atoms with Crippen LogP contribution in [-0.4, -0.2) is 23.7 Å². The van der Waals surface area contributed by atoms with E-state index in [0.29, 0.717) is 29.0 Å². The lowest BCUT2D eigenvalue weighted by molar-refractivity contribution is -0.107. The molecule has 0 aliphatic heterocycles. The van der Waals surface area contributed by atoms with Crippen LogP contribution in [-0.2, 0) is 11.2 Å². The van der Waals surface area contributed by atoms with Gasteiger partial charge in [-0.1, -0.05) is 18.5 Å². The van der Waals surface area contributed by atoms with E-state index in [4.69, 9.17) is 11.6 Å². The van der Waals surface area contributed by atoms with E-state index in [1.165, 1.54) is 12.3 Å². The average Bonchev–Trinajstić information content (AvgIpc) is 2.26. The van der Waals surface area contributed by atoms with Crippen LogP contribution in [0, 0.1) is 0 Å². The van der Waals surface area contributed by atoms with Crippen LogP contribution < -0.4 is 5.32 Å². The molecule has 0 saturated heterocycles. The Hall–Kier alpha value is -1.42. The van der Waals surface area contributed by atoms with Gasteiger partial charge in [0.2, 0.25) is 0 Å². The summed E-state index contributed by atoms with van der Waals surface area (Å²) in [6.45, 7) is 1.89. The Balaban J connectivity index is 2.93. The predicted molar refractivity (Wildman–Crippen MR) is 57.0 cm³/mol. The van der Waals surface area contributed by atoms with Gasteiger partial charge in [-0.15, -0.1) is 0 Å². The van der Waals surface area contributed by atoms with Crippen molar-refractivity contribution in [1.29, 1.82) is 0 Å². The number of pyridine rings is 1. The highest BCUT2D eigenvalue weighted by molar-refractivity contribution is 6.34. The molecule has 0 aliphatic carbocycles.